The lowest BCUT2D eigenvalue weighted by Gasteiger charge is -2.13. The maximum atomic E-state index is 6.01. The van der Waals surface area contributed by atoms with Gasteiger partial charge in [0.2, 0.25) is 0 Å². The Morgan fingerprint density at radius 3 is 2.27 bits per heavy atom. The Balaban J connectivity index is 0.00000338. The Kier molecular flexibility index (Phi) is 9.04. The zero-order chi connectivity index (χ0) is 18.2. The second-order valence-corrected chi connectivity index (χ2v) is 5.40. The van der Waals surface area contributed by atoms with Crippen LogP contribution < -0.4 is 25.3 Å². The summed E-state index contributed by atoms with van der Waals surface area (Å²) in [6, 6.07) is 11.7. The van der Waals surface area contributed by atoms with Gasteiger partial charge in [0.15, 0.2) is 17.5 Å². The predicted molar refractivity (Wildman–Crippen MR) is 116 cm³/mol. The molecule has 0 amide bonds. The number of hydrogen-bond acceptors (Lipinski definition) is 4. The summed E-state index contributed by atoms with van der Waals surface area (Å²) in [6.45, 7) is 2.47. The molecule has 0 aliphatic rings. The molecule has 0 spiro atoms. The summed E-state index contributed by atoms with van der Waals surface area (Å²) < 4.78 is 16.0. The molecule has 0 radical (unpaired) electrons. The molecule has 0 saturated heterocycles. The molecule has 0 aliphatic heterocycles. The van der Waals surface area contributed by atoms with Gasteiger partial charge in [-0.15, -0.1) is 24.0 Å². The highest BCUT2D eigenvalue weighted by atomic mass is 127. The quantitative estimate of drug-likeness (QED) is 0.365. The molecule has 0 aliphatic carbocycles. The summed E-state index contributed by atoms with van der Waals surface area (Å²) in [4.78, 5) is 4.39. The van der Waals surface area contributed by atoms with Crippen molar-refractivity contribution in [2.75, 3.05) is 26.6 Å². The molecular weight excluding hydrogens is 445 g/mol. The molecule has 0 heterocycles. The number of hydrogen-bond donors (Lipinski definition) is 2. The molecule has 2 rings (SSSR count). The average Bonchev–Trinajstić information content (AvgIpc) is 2.65. The highest BCUT2D eigenvalue weighted by Crippen LogP contribution is 2.34. The highest BCUT2D eigenvalue weighted by Gasteiger charge is 2.11. The smallest absolute Gasteiger partial charge is 0.193 e. The number of nitrogens with one attached hydrogen (secondary N) is 1. The first-order chi connectivity index (χ1) is 12.1. The molecule has 0 unspecified atom stereocenters. The third kappa shape index (κ3) is 5.69. The van der Waals surface area contributed by atoms with Crippen LogP contribution in [0.4, 0.5) is 5.69 Å². The molecule has 7 heteroatoms. The van der Waals surface area contributed by atoms with Crippen LogP contribution in [0, 0.1) is 0 Å². The van der Waals surface area contributed by atoms with Crippen molar-refractivity contribution in [3.05, 3.63) is 47.5 Å². The van der Waals surface area contributed by atoms with Gasteiger partial charge >= 0.3 is 0 Å². The molecule has 0 fully saturated rings. The van der Waals surface area contributed by atoms with Gasteiger partial charge in [0.25, 0.3) is 0 Å². The predicted octanol–water partition coefficient (Wildman–Crippen LogP) is 3.82. The van der Waals surface area contributed by atoms with Gasteiger partial charge in [-0.25, -0.2) is 4.99 Å². The van der Waals surface area contributed by atoms with Crippen LogP contribution >= 0.6 is 24.0 Å². The Hall–Kier alpha value is -2.16. The fourth-order valence-electron chi connectivity index (χ4n) is 2.44. The maximum Gasteiger partial charge on any atom is 0.193 e. The fourth-order valence-corrected chi connectivity index (χ4v) is 2.44. The lowest BCUT2D eigenvalue weighted by molar-refractivity contribution is 0.347. The van der Waals surface area contributed by atoms with E-state index in [1.165, 1.54) is 5.56 Å². The summed E-state index contributed by atoms with van der Waals surface area (Å²) in [5, 5.41) is 3.11. The molecule has 0 atom stereocenters. The summed E-state index contributed by atoms with van der Waals surface area (Å²) in [7, 11) is 4.78. The molecule has 6 nitrogen and oxygen atoms in total. The number of aryl methyl sites for hydroxylation is 1. The van der Waals surface area contributed by atoms with Gasteiger partial charge in [-0.2, -0.15) is 0 Å². The van der Waals surface area contributed by atoms with Crippen molar-refractivity contribution >= 4 is 35.6 Å². The first-order valence-corrected chi connectivity index (χ1v) is 8.06. The van der Waals surface area contributed by atoms with E-state index in [1.807, 2.05) is 18.2 Å². The molecule has 2 aromatic rings. The normalized spacial score (nSPS) is 10.7. The van der Waals surface area contributed by atoms with Crippen molar-refractivity contribution in [1.82, 2.24) is 0 Å². The van der Waals surface area contributed by atoms with E-state index in [4.69, 9.17) is 19.9 Å². The number of anilines is 1. The zero-order valence-electron chi connectivity index (χ0n) is 15.5. The Morgan fingerprint density at radius 2 is 1.65 bits per heavy atom. The van der Waals surface area contributed by atoms with E-state index in [0.29, 0.717) is 29.8 Å². The number of ether oxygens (including phenoxy) is 3. The van der Waals surface area contributed by atoms with Crippen LogP contribution in [0.15, 0.2) is 41.4 Å². The maximum absolute atomic E-state index is 6.01. The summed E-state index contributed by atoms with van der Waals surface area (Å²) in [6.07, 6.45) is 0.968. The second kappa shape index (κ2) is 10.7. The lowest BCUT2D eigenvalue weighted by Crippen LogP contribution is -2.22. The molecule has 0 aromatic heterocycles. The number of rotatable bonds is 7. The zero-order valence-corrected chi connectivity index (χ0v) is 17.9. The van der Waals surface area contributed by atoms with Gasteiger partial charge in [0.1, 0.15) is 5.75 Å². The Bertz CT molecular complexity index is 751. The molecule has 142 valence electrons. The van der Waals surface area contributed by atoms with Crippen molar-refractivity contribution in [1.29, 1.82) is 0 Å². The number of nitrogens with two attached hydrogens (primary N) is 1. The minimum absolute atomic E-state index is 0. The van der Waals surface area contributed by atoms with E-state index < -0.39 is 0 Å². The third-order valence-corrected chi connectivity index (χ3v) is 3.81. The third-order valence-electron chi connectivity index (χ3n) is 3.81. The summed E-state index contributed by atoms with van der Waals surface area (Å²) >= 11 is 0. The average molecular weight is 471 g/mol. The lowest BCUT2D eigenvalue weighted by atomic mass is 10.1. The van der Waals surface area contributed by atoms with Crippen LogP contribution in [0.5, 0.6) is 17.2 Å². The SMILES string of the molecule is CCc1cccc(NC(N)=NCc2cc(OC)c(OC)cc2OC)c1.I. The largest absolute Gasteiger partial charge is 0.496 e. The molecule has 0 saturated carbocycles. The monoisotopic (exact) mass is 471 g/mol. The van der Waals surface area contributed by atoms with Crippen LogP contribution in [0.3, 0.4) is 0 Å². The second-order valence-electron chi connectivity index (χ2n) is 5.40. The molecule has 2 aromatic carbocycles. The van der Waals surface area contributed by atoms with Gasteiger partial charge < -0.3 is 25.3 Å². The van der Waals surface area contributed by atoms with Gasteiger partial charge in [-0.1, -0.05) is 19.1 Å². The minimum atomic E-state index is 0. The first kappa shape index (κ1) is 21.9. The van der Waals surface area contributed by atoms with Crippen LogP contribution in [0.1, 0.15) is 18.1 Å². The highest BCUT2D eigenvalue weighted by molar-refractivity contribution is 14.0. The number of halogens is 1. The standard InChI is InChI=1S/C19H25N3O3.HI/c1-5-13-7-6-8-15(9-13)22-19(20)21-12-14-10-17(24-3)18(25-4)11-16(14)23-2;/h6-11H,5,12H2,1-4H3,(H3,20,21,22);1H. The summed E-state index contributed by atoms with van der Waals surface area (Å²) in [5.41, 5.74) is 9.01. The van der Waals surface area contributed by atoms with Crippen LogP contribution in [0.25, 0.3) is 0 Å². The van der Waals surface area contributed by atoms with Gasteiger partial charge in [-0.05, 0) is 30.2 Å². The molecule has 26 heavy (non-hydrogen) atoms. The molecular formula is C19H26IN3O3. The van der Waals surface area contributed by atoms with Crippen molar-refractivity contribution in [2.24, 2.45) is 10.7 Å². The topological polar surface area (TPSA) is 78.1 Å². The van der Waals surface area contributed by atoms with E-state index in [-0.39, 0.29) is 24.0 Å². The number of nitrogens with zero attached hydrogens (tertiary/aromatic N) is 1. The van der Waals surface area contributed by atoms with Crippen LogP contribution in [0.2, 0.25) is 0 Å². The number of aliphatic imine (C=N–C) groups is 1. The van der Waals surface area contributed by atoms with Crippen molar-refractivity contribution in [2.45, 2.75) is 19.9 Å². The Labute approximate surface area is 171 Å². The summed E-state index contributed by atoms with van der Waals surface area (Å²) in [5.74, 6) is 2.23. The Morgan fingerprint density at radius 1 is 1.00 bits per heavy atom. The number of guanidine groups is 1. The van der Waals surface area contributed by atoms with E-state index >= 15 is 0 Å². The van der Waals surface area contributed by atoms with Gasteiger partial charge in [-0.3, -0.25) is 0 Å². The van der Waals surface area contributed by atoms with Crippen LogP contribution in [-0.4, -0.2) is 27.3 Å². The van der Waals surface area contributed by atoms with Crippen molar-refractivity contribution in [3.8, 4) is 17.2 Å². The van der Waals surface area contributed by atoms with E-state index in [9.17, 15) is 0 Å². The van der Waals surface area contributed by atoms with Gasteiger partial charge in [0, 0.05) is 17.3 Å². The van der Waals surface area contributed by atoms with E-state index in [2.05, 4.69) is 29.4 Å². The molecule has 0 bridgehead atoms. The fraction of sp³-hybridized carbons (Fsp3) is 0.316. The van der Waals surface area contributed by atoms with Crippen LogP contribution in [-0.2, 0) is 13.0 Å². The minimum Gasteiger partial charge on any atom is -0.496 e. The molecule has 3 N–H and O–H groups in total. The number of methoxy groups -OCH3 is 3. The van der Waals surface area contributed by atoms with E-state index in [1.54, 1.807) is 27.4 Å². The van der Waals surface area contributed by atoms with Crippen molar-refractivity contribution in [3.63, 3.8) is 0 Å². The van der Waals surface area contributed by atoms with Crippen molar-refractivity contribution < 1.29 is 14.2 Å². The van der Waals surface area contributed by atoms with Gasteiger partial charge in [0.05, 0.1) is 27.9 Å². The number of benzene rings is 2. The first-order valence-electron chi connectivity index (χ1n) is 8.06. The van der Waals surface area contributed by atoms with E-state index in [0.717, 1.165) is 17.7 Å².